The van der Waals surface area contributed by atoms with Crippen molar-refractivity contribution in [3.8, 4) is 0 Å². The minimum atomic E-state index is 1.05. The summed E-state index contributed by atoms with van der Waals surface area (Å²) in [6.07, 6.45) is 4.31. The van der Waals surface area contributed by atoms with Gasteiger partial charge in [0.15, 0.2) is 0 Å². The van der Waals surface area contributed by atoms with Crippen LogP contribution in [-0.4, -0.2) is 11.0 Å². The first-order valence-corrected chi connectivity index (χ1v) is 4.10. The molecule has 0 saturated carbocycles. The van der Waals surface area contributed by atoms with Crippen molar-refractivity contribution >= 4 is 11.8 Å². The van der Waals surface area contributed by atoms with Crippen molar-refractivity contribution in [2.75, 3.05) is 5.75 Å². The smallest absolute Gasteiger partial charge is 0.00548 e. The van der Waals surface area contributed by atoms with E-state index in [0.29, 0.717) is 0 Å². The number of hydrogen-bond donors (Lipinski definition) is 0. The molecule has 1 saturated heterocycles. The first kappa shape index (κ1) is 5.49. The van der Waals surface area contributed by atoms with Crippen LogP contribution in [0.25, 0.3) is 0 Å². The summed E-state index contributed by atoms with van der Waals surface area (Å²) in [6.45, 7) is 2.26. The summed E-state index contributed by atoms with van der Waals surface area (Å²) >= 11 is 2.13. The molecule has 0 aromatic rings. The minimum absolute atomic E-state index is 1.05. The van der Waals surface area contributed by atoms with Gasteiger partial charge >= 0.3 is 0 Å². The minimum Gasteiger partial charge on any atom is -0.159 e. The van der Waals surface area contributed by atoms with Crippen molar-refractivity contribution in [2.45, 2.75) is 31.4 Å². The molecule has 1 fully saturated rings. The Hall–Kier alpha value is 0.350. The molecule has 1 aliphatic heterocycles. The maximum Gasteiger partial charge on any atom is 0.00548 e. The van der Waals surface area contributed by atoms with Gasteiger partial charge in [0.05, 0.1) is 0 Å². The largest absolute Gasteiger partial charge is 0.159 e. The fraction of sp³-hybridized carbons (Fsp3) is 1.00. The highest BCUT2D eigenvalue weighted by Gasteiger charge is 2.15. The average Bonchev–Trinajstić information content (AvgIpc) is 1.55. The molecule has 1 unspecified atom stereocenters. The van der Waals surface area contributed by atoms with Gasteiger partial charge < -0.3 is 0 Å². The Kier molecular flexibility index (Phi) is 2.04. The maximum atomic E-state index is 2.26. The van der Waals surface area contributed by atoms with E-state index < -0.39 is 0 Å². The predicted octanol–water partition coefficient (Wildman–Crippen LogP) is 2.29. The van der Waals surface area contributed by atoms with E-state index >= 15 is 0 Å². The third-order valence-corrected chi connectivity index (χ3v) is 2.82. The molecule has 42 valence electrons. The van der Waals surface area contributed by atoms with E-state index in [1.165, 1.54) is 25.0 Å². The SMILES string of the molecule is CCCC1CCS1. The Labute approximate surface area is 49.7 Å². The normalized spacial score (nSPS) is 29.6. The molecule has 0 N–H and O–H groups in total. The molecule has 7 heavy (non-hydrogen) atoms. The lowest BCUT2D eigenvalue weighted by molar-refractivity contribution is 0.693. The van der Waals surface area contributed by atoms with Crippen LogP contribution in [0.4, 0.5) is 0 Å². The van der Waals surface area contributed by atoms with Crippen LogP contribution in [0.2, 0.25) is 0 Å². The topological polar surface area (TPSA) is 0 Å². The van der Waals surface area contributed by atoms with Crippen LogP contribution in [0, 0.1) is 0 Å². The van der Waals surface area contributed by atoms with E-state index in [2.05, 4.69) is 18.7 Å². The van der Waals surface area contributed by atoms with Crippen LogP contribution in [0.5, 0.6) is 0 Å². The number of hydrogen-bond acceptors (Lipinski definition) is 1. The van der Waals surface area contributed by atoms with Crippen LogP contribution in [0.3, 0.4) is 0 Å². The molecule has 0 radical (unpaired) electrons. The first-order valence-electron chi connectivity index (χ1n) is 3.05. The van der Waals surface area contributed by atoms with Crippen molar-refractivity contribution in [3.05, 3.63) is 0 Å². The molecule has 0 bridgehead atoms. The molecule has 1 aliphatic rings. The van der Waals surface area contributed by atoms with Crippen molar-refractivity contribution in [3.63, 3.8) is 0 Å². The Balaban J connectivity index is 1.93. The van der Waals surface area contributed by atoms with Gasteiger partial charge in [-0.05, 0) is 18.6 Å². The van der Waals surface area contributed by atoms with Gasteiger partial charge in [-0.25, -0.2) is 0 Å². The lowest BCUT2D eigenvalue weighted by Crippen LogP contribution is -2.14. The Morgan fingerprint density at radius 1 is 1.71 bits per heavy atom. The first-order chi connectivity index (χ1) is 3.43. The highest BCUT2D eigenvalue weighted by atomic mass is 32.2. The zero-order valence-electron chi connectivity index (χ0n) is 4.81. The second-order valence-electron chi connectivity index (χ2n) is 2.07. The Morgan fingerprint density at radius 2 is 2.43 bits per heavy atom. The summed E-state index contributed by atoms with van der Waals surface area (Å²) in [5.74, 6) is 1.42. The summed E-state index contributed by atoms with van der Waals surface area (Å²) < 4.78 is 0. The van der Waals surface area contributed by atoms with Gasteiger partial charge in [-0.15, -0.1) is 0 Å². The quantitative estimate of drug-likeness (QED) is 0.533. The van der Waals surface area contributed by atoms with Crippen LogP contribution >= 0.6 is 11.8 Å². The molecule has 1 rings (SSSR count). The summed E-state index contributed by atoms with van der Waals surface area (Å²) in [5, 5.41) is 1.05. The molecule has 0 amide bonds. The van der Waals surface area contributed by atoms with Gasteiger partial charge in [0.25, 0.3) is 0 Å². The van der Waals surface area contributed by atoms with Crippen molar-refractivity contribution < 1.29 is 0 Å². The standard InChI is InChI=1S/C6H12S/c1-2-3-6-4-5-7-6/h6H,2-5H2,1H3. The fourth-order valence-electron chi connectivity index (χ4n) is 0.834. The summed E-state index contributed by atoms with van der Waals surface area (Å²) in [5.41, 5.74) is 0. The zero-order valence-corrected chi connectivity index (χ0v) is 5.63. The Bertz CT molecular complexity index is 48.1. The van der Waals surface area contributed by atoms with Crippen molar-refractivity contribution in [1.82, 2.24) is 0 Å². The molecule has 0 spiro atoms. The highest BCUT2D eigenvalue weighted by molar-refractivity contribution is 8.01. The summed E-state index contributed by atoms with van der Waals surface area (Å²) in [7, 11) is 0. The van der Waals surface area contributed by atoms with E-state index in [1.54, 1.807) is 0 Å². The van der Waals surface area contributed by atoms with E-state index in [0.717, 1.165) is 5.25 Å². The lowest BCUT2D eigenvalue weighted by atomic mass is 10.2. The third kappa shape index (κ3) is 1.37. The van der Waals surface area contributed by atoms with Gasteiger partial charge in [0.1, 0.15) is 0 Å². The molecule has 1 atom stereocenters. The zero-order chi connectivity index (χ0) is 5.11. The lowest BCUT2D eigenvalue weighted by Gasteiger charge is -2.23. The van der Waals surface area contributed by atoms with Gasteiger partial charge in [-0.1, -0.05) is 13.3 Å². The monoisotopic (exact) mass is 116 g/mol. The van der Waals surface area contributed by atoms with Crippen molar-refractivity contribution in [1.29, 1.82) is 0 Å². The number of rotatable bonds is 2. The number of thioether (sulfide) groups is 1. The fourth-order valence-corrected chi connectivity index (χ4v) is 1.81. The van der Waals surface area contributed by atoms with Gasteiger partial charge in [0, 0.05) is 5.25 Å². The second-order valence-corrected chi connectivity index (χ2v) is 3.48. The molecular weight excluding hydrogens is 104 g/mol. The molecular formula is C6H12S. The van der Waals surface area contributed by atoms with Gasteiger partial charge in [-0.3, -0.25) is 0 Å². The molecule has 0 aliphatic carbocycles. The van der Waals surface area contributed by atoms with Crippen LogP contribution in [0.1, 0.15) is 26.2 Å². The van der Waals surface area contributed by atoms with Gasteiger partial charge in [-0.2, -0.15) is 11.8 Å². The average molecular weight is 116 g/mol. The van der Waals surface area contributed by atoms with E-state index in [9.17, 15) is 0 Å². The predicted molar refractivity (Wildman–Crippen MR) is 35.8 cm³/mol. The van der Waals surface area contributed by atoms with Crippen LogP contribution in [0.15, 0.2) is 0 Å². The van der Waals surface area contributed by atoms with E-state index in [-0.39, 0.29) is 0 Å². The van der Waals surface area contributed by atoms with E-state index in [4.69, 9.17) is 0 Å². The highest BCUT2D eigenvalue weighted by Crippen LogP contribution is 2.30. The van der Waals surface area contributed by atoms with Crippen molar-refractivity contribution in [2.24, 2.45) is 0 Å². The summed E-state index contributed by atoms with van der Waals surface area (Å²) in [4.78, 5) is 0. The molecule has 0 aromatic carbocycles. The molecule has 1 heteroatoms. The second kappa shape index (κ2) is 2.61. The molecule has 0 nitrogen and oxygen atoms in total. The molecule has 1 heterocycles. The van der Waals surface area contributed by atoms with Crippen LogP contribution in [-0.2, 0) is 0 Å². The van der Waals surface area contributed by atoms with E-state index in [1.807, 2.05) is 0 Å². The molecule has 0 aromatic heterocycles. The van der Waals surface area contributed by atoms with Gasteiger partial charge in [0.2, 0.25) is 0 Å². The maximum absolute atomic E-state index is 2.26. The van der Waals surface area contributed by atoms with Crippen LogP contribution < -0.4 is 0 Å². The third-order valence-electron chi connectivity index (χ3n) is 1.40. The summed E-state index contributed by atoms with van der Waals surface area (Å²) in [6, 6.07) is 0. The Morgan fingerprint density at radius 3 is 2.57 bits per heavy atom.